The highest BCUT2D eigenvalue weighted by Crippen LogP contribution is 2.18. The maximum absolute atomic E-state index is 12.7. The quantitative estimate of drug-likeness (QED) is 0.826. The molecule has 6 heteroatoms. The van der Waals surface area contributed by atoms with Gasteiger partial charge in [0.25, 0.3) is 0 Å². The minimum absolute atomic E-state index is 0.0550. The number of piperazine rings is 1. The predicted molar refractivity (Wildman–Crippen MR) is 118 cm³/mol. The summed E-state index contributed by atoms with van der Waals surface area (Å²) in [5.41, 5.74) is 3.14. The number of amides is 3. The number of nitrogens with one attached hydrogen (secondary N) is 1. The number of piperidine rings is 1. The van der Waals surface area contributed by atoms with Gasteiger partial charge < -0.3 is 15.1 Å². The zero-order valence-electron chi connectivity index (χ0n) is 17.4. The predicted octanol–water partition coefficient (Wildman–Crippen LogP) is 3.55. The number of hydrogen-bond donors (Lipinski definition) is 1. The number of carbonyl (C=O) groups is 2. The molecule has 0 atom stereocenters. The van der Waals surface area contributed by atoms with Gasteiger partial charge in [-0.1, -0.05) is 42.5 Å². The molecule has 0 saturated carbocycles. The van der Waals surface area contributed by atoms with Gasteiger partial charge in [0, 0.05) is 57.9 Å². The molecule has 158 valence electrons. The molecule has 3 amide bonds. The first-order chi connectivity index (χ1) is 14.7. The number of urea groups is 1. The summed E-state index contributed by atoms with van der Waals surface area (Å²) in [6, 6.07) is 18.2. The summed E-state index contributed by atoms with van der Waals surface area (Å²) in [7, 11) is 0. The van der Waals surface area contributed by atoms with Gasteiger partial charge in [0.2, 0.25) is 5.91 Å². The smallest absolute Gasteiger partial charge is 0.321 e. The molecule has 2 aromatic rings. The fourth-order valence-corrected chi connectivity index (χ4v) is 4.15. The van der Waals surface area contributed by atoms with Crippen molar-refractivity contribution < 1.29 is 9.59 Å². The van der Waals surface area contributed by atoms with Gasteiger partial charge in [0.15, 0.2) is 0 Å². The van der Waals surface area contributed by atoms with E-state index in [1.807, 2.05) is 40.1 Å². The second kappa shape index (κ2) is 9.76. The number of likely N-dealkylation sites (tertiary alicyclic amines) is 1. The van der Waals surface area contributed by atoms with E-state index in [9.17, 15) is 9.59 Å². The fraction of sp³-hybridized carbons (Fsp3) is 0.417. The highest BCUT2D eigenvalue weighted by Gasteiger charge is 2.22. The molecule has 0 radical (unpaired) electrons. The number of carbonyl (C=O) groups excluding carboxylic acids is 2. The van der Waals surface area contributed by atoms with Crippen molar-refractivity contribution in [3.8, 4) is 0 Å². The van der Waals surface area contributed by atoms with Crippen LogP contribution in [-0.2, 0) is 17.9 Å². The molecule has 4 rings (SSSR count). The maximum atomic E-state index is 12.7. The van der Waals surface area contributed by atoms with Crippen LogP contribution in [0.1, 0.15) is 30.4 Å². The minimum atomic E-state index is -0.0550. The Kier molecular flexibility index (Phi) is 6.64. The first kappa shape index (κ1) is 20.4. The highest BCUT2D eigenvalue weighted by atomic mass is 16.2. The SMILES string of the molecule is O=C1CCCCN1Cc1cccc(NC(=O)N2CCN(Cc3ccccc3)CC2)c1. The normalized spacial score (nSPS) is 17.8. The molecule has 0 aromatic heterocycles. The van der Waals surface area contributed by atoms with Gasteiger partial charge in [-0.15, -0.1) is 0 Å². The van der Waals surface area contributed by atoms with Crippen molar-refractivity contribution >= 4 is 17.6 Å². The Balaban J connectivity index is 1.27. The van der Waals surface area contributed by atoms with E-state index in [0.717, 1.165) is 63.4 Å². The van der Waals surface area contributed by atoms with Gasteiger partial charge in [-0.2, -0.15) is 0 Å². The average molecular weight is 407 g/mol. The van der Waals surface area contributed by atoms with Crippen molar-refractivity contribution in [2.24, 2.45) is 0 Å². The Hall–Kier alpha value is -2.86. The molecule has 6 nitrogen and oxygen atoms in total. The van der Waals surface area contributed by atoms with Crippen LogP contribution >= 0.6 is 0 Å². The fourth-order valence-electron chi connectivity index (χ4n) is 4.15. The Labute approximate surface area is 178 Å². The first-order valence-corrected chi connectivity index (χ1v) is 10.9. The number of anilines is 1. The molecular weight excluding hydrogens is 376 g/mol. The van der Waals surface area contributed by atoms with Gasteiger partial charge >= 0.3 is 6.03 Å². The summed E-state index contributed by atoms with van der Waals surface area (Å²) in [6.45, 7) is 5.55. The van der Waals surface area contributed by atoms with Crippen LogP contribution in [0.25, 0.3) is 0 Å². The number of rotatable bonds is 5. The number of hydrogen-bond acceptors (Lipinski definition) is 3. The lowest BCUT2D eigenvalue weighted by atomic mass is 10.1. The second-order valence-electron chi connectivity index (χ2n) is 8.15. The van der Waals surface area contributed by atoms with Gasteiger partial charge in [-0.25, -0.2) is 4.79 Å². The average Bonchev–Trinajstić information content (AvgIpc) is 2.77. The topological polar surface area (TPSA) is 55.9 Å². The monoisotopic (exact) mass is 406 g/mol. The lowest BCUT2D eigenvalue weighted by Crippen LogP contribution is -2.49. The van der Waals surface area contributed by atoms with E-state index < -0.39 is 0 Å². The van der Waals surface area contributed by atoms with Gasteiger partial charge in [-0.05, 0) is 36.1 Å². The van der Waals surface area contributed by atoms with Crippen LogP contribution in [0, 0.1) is 0 Å². The van der Waals surface area contributed by atoms with E-state index in [2.05, 4.69) is 34.5 Å². The van der Waals surface area contributed by atoms with E-state index in [4.69, 9.17) is 0 Å². The van der Waals surface area contributed by atoms with Crippen molar-refractivity contribution in [1.29, 1.82) is 0 Å². The van der Waals surface area contributed by atoms with Crippen LogP contribution in [0.4, 0.5) is 10.5 Å². The zero-order chi connectivity index (χ0) is 20.8. The van der Waals surface area contributed by atoms with Crippen LogP contribution in [0.15, 0.2) is 54.6 Å². The van der Waals surface area contributed by atoms with Crippen molar-refractivity contribution in [3.63, 3.8) is 0 Å². The maximum Gasteiger partial charge on any atom is 0.321 e. The minimum Gasteiger partial charge on any atom is -0.338 e. The summed E-state index contributed by atoms with van der Waals surface area (Å²) in [5.74, 6) is 0.226. The summed E-state index contributed by atoms with van der Waals surface area (Å²) >= 11 is 0. The van der Waals surface area contributed by atoms with Crippen LogP contribution in [0.2, 0.25) is 0 Å². The molecule has 2 heterocycles. The number of benzene rings is 2. The summed E-state index contributed by atoms with van der Waals surface area (Å²) in [5, 5.41) is 3.03. The second-order valence-corrected chi connectivity index (χ2v) is 8.15. The third-order valence-corrected chi connectivity index (χ3v) is 5.88. The third kappa shape index (κ3) is 5.39. The van der Waals surface area contributed by atoms with E-state index in [-0.39, 0.29) is 11.9 Å². The lowest BCUT2D eigenvalue weighted by molar-refractivity contribution is -0.133. The van der Waals surface area contributed by atoms with E-state index in [0.29, 0.717) is 13.0 Å². The summed E-state index contributed by atoms with van der Waals surface area (Å²) in [4.78, 5) is 30.9. The van der Waals surface area contributed by atoms with Crippen LogP contribution in [0.5, 0.6) is 0 Å². The zero-order valence-corrected chi connectivity index (χ0v) is 17.4. The van der Waals surface area contributed by atoms with E-state index in [1.165, 1.54) is 5.56 Å². The standard InChI is InChI=1S/C24H30N4O2/c29-23-11-4-5-12-28(23)19-21-9-6-10-22(17-21)25-24(30)27-15-13-26(14-16-27)18-20-7-2-1-3-8-20/h1-3,6-10,17H,4-5,11-16,18-19H2,(H,25,30). The van der Waals surface area contributed by atoms with E-state index in [1.54, 1.807) is 0 Å². The lowest BCUT2D eigenvalue weighted by Gasteiger charge is -2.34. The van der Waals surface area contributed by atoms with Crippen molar-refractivity contribution in [1.82, 2.24) is 14.7 Å². The van der Waals surface area contributed by atoms with Crippen molar-refractivity contribution in [2.75, 3.05) is 38.0 Å². The Morgan fingerprint density at radius 1 is 0.833 bits per heavy atom. The molecule has 2 aliphatic heterocycles. The van der Waals surface area contributed by atoms with Crippen molar-refractivity contribution in [2.45, 2.75) is 32.4 Å². The van der Waals surface area contributed by atoms with Crippen LogP contribution in [0.3, 0.4) is 0 Å². The molecule has 2 saturated heterocycles. The van der Waals surface area contributed by atoms with Gasteiger partial charge in [-0.3, -0.25) is 9.69 Å². The van der Waals surface area contributed by atoms with Crippen LogP contribution in [-0.4, -0.2) is 59.4 Å². The molecule has 2 aromatic carbocycles. The summed E-state index contributed by atoms with van der Waals surface area (Å²) < 4.78 is 0. The Morgan fingerprint density at radius 2 is 1.60 bits per heavy atom. The van der Waals surface area contributed by atoms with Gasteiger partial charge in [0.05, 0.1) is 0 Å². The third-order valence-electron chi connectivity index (χ3n) is 5.88. The van der Waals surface area contributed by atoms with E-state index >= 15 is 0 Å². The largest absolute Gasteiger partial charge is 0.338 e. The molecule has 30 heavy (non-hydrogen) atoms. The molecule has 0 bridgehead atoms. The van der Waals surface area contributed by atoms with Gasteiger partial charge in [0.1, 0.15) is 0 Å². The molecule has 0 unspecified atom stereocenters. The Morgan fingerprint density at radius 3 is 2.37 bits per heavy atom. The van der Waals surface area contributed by atoms with Crippen molar-refractivity contribution in [3.05, 3.63) is 65.7 Å². The summed E-state index contributed by atoms with van der Waals surface area (Å²) in [6.07, 6.45) is 2.70. The first-order valence-electron chi connectivity index (χ1n) is 10.9. The Bertz CT molecular complexity index is 863. The molecule has 2 aliphatic rings. The van der Waals surface area contributed by atoms with Crippen LogP contribution < -0.4 is 5.32 Å². The molecule has 1 N–H and O–H groups in total. The molecule has 0 spiro atoms. The molecular formula is C24H30N4O2. The molecule has 2 fully saturated rings. The molecule has 0 aliphatic carbocycles. The highest BCUT2D eigenvalue weighted by molar-refractivity contribution is 5.89. The number of nitrogens with zero attached hydrogens (tertiary/aromatic N) is 3.